The standard InChI is InChI=1S/C23H27N7S/c1-2-3-4-9-22-24-21(14-15-31)27-30(22)16-17-10-12-18(13-11-17)19-7-5-6-8-20(19)23-25-28-29-26-23/h5-8,10-13,31H,2-4,9,14-16H2,1H3,(H,25,26,28,29). The third-order valence-electron chi connectivity index (χ3n) is 5.24. The van der Waals surface area contributed by atoms with Gasteiger partial charge in [-0.1, -0.05) is 68.3 Å². The minimum Gasteiger partial charge on any atom is -0.245 e. The van der Waals surface area contributed by atoms with E-state index in [1.165, 1.54) is 18.4 Å². The molecule has 160 valence electrons. The van der Waals surface area contributed by atoms with Crippen LogP contribution in [0.25, 0.3) is 22.5 Å². The van der Waals surface area contributed by atoms with Gasteiger partial charge in [0, 0.05) is 18.4 Å². The number of aromatic amines is 1. The van der Waals surface area contributed by atoms with Crippen molar-refractivity contribution in [3.63, 3.8) is 0 Å². The number of nitrogens with zero attached hydrogens (tertiary/aromatic N) is 6. The van der Waals surface area contributed by atoms with E-state index in [0.717, 1.165) is 53.4 Å². The van der Waals surface area contributed by atoms with Crippen LogP contribution in [-0.4, -0.2) is 41.1 Å². The fourth-order valence-corrected chi connectivity index (χ4v) is 3.85. The molecule has 0 aliphatic rings. The third-order valence-corrected chi connectivity index (χ3v) is 5.47. The van der Waals surface area contributed by atoms with Gasteiger partial charge in [-0.05, 0) is 34.1 Å². The molecule has 0 aliphatic carbocycles. The molecule has 0 fully saturated rings. The lowest BCUT2D eigenvalue weighted by molar-refractivity contribution is 0.604. The number of H-pyrrole nitrogens is 1. The van der Waals surface area contributed by atoms with Crippen LogP contribution in [0.4, 0.5) is 0 Å². The summed E-state index contributed by atoms with van der Waals surface area (Å²) in [6, 6.07) is 16.7. The van der Waals surface area contributed by atoms with E-state index in [-0.39, 0.29) is 0 Å². The van der Waals surface area contributed by atoms with Crippen LogP contribution in [0.1, 0.15) is 43.4 Å². The molecular weight excluding hydrogens is 406 g/mol. The number of hydrogen-bond acceptors (Lipinski definition) is 6. The van der Waals surface area contributed by atoms with Crippen molar-refractivity contribution in [2.75, 3.05) is 5.75 Å². The molecule has 0 unspecified atom stereocenters. The molecule has 4 aromatic rings. The molecule has 2 aromatic heterocycles. The Balaban J connectivity index is 1.55. The number of thiol groups is 1. The Labute approximate surface area is 187 Å². The summed E-state index contributed by atoms with van der Waals surface area (Å²) >= 11 is 4.33. The maximum absolute atomic E-state index is 4.75. The molecule has 0 saturated heterocycles. The van der Waals surface area contributed by atoms with Crippen molar-refractivity contribution in [3.05, 3.63) is 65.7 Å². The summed E-state index contributed by atoms with van der Waals surface area (Å²) in [6.07, 6.45) is 5.31. The van der Waals surface area contributed by atoms with Crippen molar-refractivity contribution in [1.82, 2.24) is 35.4 Å². The smallest absolute Gasteiger partial charge is 0.205 e. The first-order valence-corrected chi connectivity index (χ1v) is 11.4. The molecule has 7 nitrogen and oxygen atoms in total. The molecule has 1 N–H and O–H groups in total. The van der Waals surface area contributed by atoms with Gasteiger partial charge in [-0.2, -0.15) is 22.9 Å². The lowest BCUT2D eigenvalue weighted by Gasteiger charge is -2.09. The van der Waals surface area contributed by atoms with Crippen molar-refractivity contribution >= 4 is 12.6 Å². The van der Waals surface area contributed by atoms with E-state index in [9.17, 15) is 0 Å². The molecule has 0 radical (unpaired) electrons. The highest BCUT2D eigenvalue weighted by Crippen LogP contribution is 2.29. The third kappa shape index (κ3) is 5.19. The van der Waals surface area contributed by atoms with Crippen LogP contribution in [-0.2, 0) is 19.4 Å². The van der Waals surface area contributed by atoms with E-state index in [1.54, 1.807) is 0 Å². The summed E-state index contributed by atoms with van der Waals surface area (Å²) in [7, 11) is 0. The average molecular weight is 434 g/mol. The zero-order valence-electron chi connectivity index (χ0n) is 17.7. The van der Waals surface area contributed by atoms with Gasteiger partial charge in [-0.3, -0.25) is 0 Å². The van der Waals surface area contributed by atoms with Gasteiger partial charge in [0.2, 0.25) is 5.82 Å². The van der Waals surface area contributed by atoms with E-state index in [1.807, 2.05) is 18.2 Å². The van der Waals surface area contributed by atoms with Crippen LogP contribution >= 0.6 is 12.6 Å². The molecule has 0 bridgehead atoms. The first-order valence-electron chi connectivity index (χ1n) is 10.7. The predicted molar refractivity (Wildman–Crippen MR) is 125 cm³/mol. The summed E-state index contributed by atoms with van der Waals surface area (Å²) in [5.41, 5.74) is 4.34. The van der Waals surface area contributed by atoms with Gasteiger partial charge in [0.25, 0.3) is 0 Å². The Kier molecular flexibility index (Phi) is 7.09. The maximum atomic E-state index is 4.75. The van der Waals surface area contributed by atoms with Gasteiger partial charge in [0.15, 0.2) is 5.82 Å². The first-order chi connectivity index (χ1) is 15.3. The minimum absolute atomic E-state index is 0.593. The Bertz CT molecular complexity index is 1090. The summed E-state index contributed by atoms with van der Waals surface area (Å²) in [4.78, 5) is 4.75. The molecular formula is C23H27N7S. The summed E-state index contributed by atoms with van der Waals surface area (Å²) in [6.45, 7) is 2.93. The number of rotatable bonds is 10. The van der Waals surface area contributed by atoms with Crippen molar-refractivity contribution in [3.8, 4) is 22.5 Å². The Morgan fingerprint density at radius 1 is 0.968 bits per heavy atom. The van der Waals surface area contributed by atoms with E-state index < -0.39 is 0 Å². The van der Waals surface area contributed by atoms with Gasteiger partial charge in [-0.15, -0.1) is 10.2 Å². The maximum Gasteiger partial charge on any atom is 0.205 e. The summed E-state index contributed by atoms with van der Waals surface area (Å²) < 4.78 is 2.05. The van der Waals surface area contributed by atoms with Crippen LogP contribution < -0.4 is 0 Å². The Morgan fingerprint density at radius 2 is 1.77 bits per heavy atom. The normalized spacial score (nSPS) is 11.2. The van der Waals surface area contributed by atoms with Crippen LogP contribution in [0.5, 0.6) is 0 Å². The number of nitrogens with one attached hydrogen (secondary N) is 1. The first kappa shape index (κ1) is 21.2. The molecule has 31 heavy (non-hydrogen) atoms. The lowest BCUT2D eigenvalue weighted by Crippen LogP contribution is -2.07. The molecule has 0 saturated carbocycles. The van der Waals surface area contributed by atoms with Gasteiger partial charge in [0.1, 0.15) is 5.82 Å². The number of unbranched alkanes of at least 4 members (excludes halogenated alkanes) is 2. The highest BCUT2D eigenvalue weighted by molar-refractivity contribution is 7.80. The average Bonchev–Trinajstić information content (AvgIpc) is 3.46. The van der Waals surface area contributed by atoms with Crippen molar-refractivity contribution in [1.29, 1.82) is 0 Å². The highest BCUT2D eigenvalue weighted by Gasteiger charge is 2.12. The van der Waals surface area contributed by atoms with E-state index >= 15 is 0 Å². The number of aryl methyl sites for hydroxylation is 2. The molecule has 2 heterocycles. The topological polar surface area (TPSA) is 85.2 Å². The summed E-state index contributed by atoms with van der Waals surface area (Å²) in [5.74, 6) is 3.30. The van der Waals surface area contributed by atoms with Gasteiger partial charge < -0.3 is 0 Å². The molecule has 0 aliphatic heterocycles. The Morgan fingerprint density at radius 3 is 2.48 bits per heavy atom. The van der Waals surface area contributed by atoms with E-state index in [0.29, 0.717) is 12.4 Å². The monoisotopic (exact) mass is 433 g/mol. The van der Waals surface area contributed by atoms with E-state index in [4.69, 9.17) is 10.1 Å². The zero-order chi connectivity index (χ0) is 21.5. The second-order valence-electron chi connectivity index (χ2n) is 7.51. The van der Waals surface area contributed by atoms with Gasteiger partial charge in [-0.25, -0.2) is 9.67 Å². The lowest BCUT2D eigenvalue weighted by atomic mass is 9.98. The predicted octanol–water partition coefficient (Wildman–Crippen LogP) is 4.38. The van der Waals surface area contributed by atoms with Gasteiger partial charge in [0.05, 0.1) is 6.54 Å². The molecule has 0 spiro atoms. The largest absolute Gasteiger partial charge is 0.245 e. The summed E-state index contributed by atoms with van der Waals surface area (Å²) in [5, 5.41) is 19.2. The second kappa shape index (κ2) is 10.3. The van der Waals surface area contributed by atoms with Gasteiger partial charge >= 0.3 is 0 Å². The van der Waals surface area contributed by atoms with Crippen molar-refractivity contribution < 1.29 is 0 Å². The highest BCUT2D eigenvalue weighted by atomic mass is 32.1. The SMILES string of the molecule is CCCCCc1nc(CCS)nn1Cc1ccc(-c2ccccc2-c2nn[nH]n2)cc1. The van der Waals surface area contributed by atoms with Crippen molar-refractivity contribution in [2.24, 2.45) is 0 Å². The van der Waals surface area contributed by atoms with Crippen LogP contribution in [0, 0.1) is 0 Å². The number of hydrogen-bond donors (Lipinski definition) is 2. The molecule has 0 atom stereocenters. The number of benzene rings is 2. The second-order valence-corrected chi connectivity index (χ2v) is 7.96. The fourth-order valence-electron chi connectivity index (χ4n) is 3.65. The fraction of sp³-hybridized carbons (Fsp3) is 0.348. The van der Waals surface area contributed by atoms with Crippen LogP contribution in [0.15, 0.2) is 48.5 Å². The zero-order valence-corrected chi connectivity index (χ0v) is 18.6. The molecule has 2 aromatic carbocycles. The molecule has 4 rings (SSSR count). The number of tetrazole rings is 1. The number of aromatic nitrogens is 7. The van der Waals surface area contributed by atoms with Crippen LogP contribution in [0.2, 0.25) is 0 Å². The minimum atomic E-state index is 0.593. The van der Waals surface area contributed by atoms with Crippen LogP contribution in [0.3, 0.4) is 0 Å². The molecule has 0 amide bonds. The quantitative estimate of drug-likeness (QED) is 0.286. The van der Waals surface area contributed by atoms with Crippen molar-refractivity contribution in [2.45, 2.75) is 45.6 Å². The van der Waals surface area contributed by atoms with E-state index in [2.05, 4.69) is 75.2 Å². The molecule has 8 heteroatoms. The Hall–Kier alpha value is -3.00.